The van der Waals surface area contributed by atoms with Crippen LogP contribution in [-0.4, -0.2) is 45.6 Å². The maximum atomic E-state index is 11.3. The molecule has 2 aliphatic rings. The van der Waals surface area contributed by atoms with E-state index in [2.05, 4.69) is 0 Å². The van der Waals surface area contributed by atoms with Crippen molar-refractivity contribution in [3.8, 4) is 23.0 Å². The molecule has 1 aromatic heterocycles. The van der Waals surface area contributed by atoms with Crippen LogP contribution in [0.15, 0.2) is 71.9 Å². The fraction of sp³-hybridized carbons (Fsp3) is 0.240. The Bertz CT molecular complexity index is 1410. The number of ether oxygens (including phenoxy) is 4. The Labute approximate surface area is 204 Å². The van der Waals surface area contributed by atoms with Gasteiger partial charge in [-0.05, 0) is 30.3 Å². The molecule has 3 heterocycles. The van der Waals surface area contributed by atoms with E-state index in [-0.39, 0.29) is 17.9 Å². The predicted molar refractivity (Wildman–Crippen MR) is 130 cm³/mol. The lowest BCUT2D eigenvalue weighted by Crippen LogP contribution is -2.33. The summed E-state index contributed by atoms with van der Waals surface area (Å²) in [6.07, 6.45) is -0.392. The number of hydrogen-bond donors (Lipinski definition) is 0. The van der Waals surface area contributed by atoms with Crippen molar-refractivity contribution in [3.63, 3.8) is 0 Å². The topological polar surface area (TPSA) is 97.9 Å². The van der Waals surface area contributed by atoms with Crippen molar-refractivity contribution < 1.29 is 23.9 Å². The number of hydrogen-bond acceptors (Lipinski definition) is 8. The average Bonchev–Trinajstić information content (AvgIpc) is 3.23. The summed E-state index contributed by atoms with van der Waals surface area (Å²) in [7, 11) is 0. The van der Waals surface area contributed by atoms with Crippen molar-refractivity contribution in [2.75, 3.05) is 19.0 Å². The van der Waals surface area contributed by atoms with Gasteiger partial charge >= 0.3 is 0 Å². The molecule has 0 saturated carbocycles. The first-order valence-corrected chi connectivity index (χ1v) is 12.2. The number of rotatable bonds is 6. The van der Waals surface area contributed by atoms with Crippen LogP contribution in [0.25, 0.3) is 11.0 Å². The second-order valence-electron chi connectivity index (χ2n) is 8.24. The number of thioether (sulfide) groups is 1. The second kappa shape index (κ2) is 9.03. The van der Waals surface area contributed by atoms with Crippen molar-refractivity contribution in [2.24, 2.45) is 0 Å². The van der Waals surface area contributed by atoms with Gasteiger partial charge < -0.3 is 23.5 Å². The summed E-state index contributed by atoms with van der Waals surface area (Å²) in [6, 6.07) is 19.9. The molecule has 35 heavy (non-hydrogen) atoms. The number of fused-ring (bicyclic) bond motifs is 3. The Morgan fingerprint density at radius 2 is 1.54 bits per heavy atom. The Kier molecular flexibility index (Phi) is 5.57. The number of para-hydroxylation sites is 4. The Morgan fingerprint density at radius 3 is 2.23 bits per heavy atom. The summed E-state index contributed by atoms with van der Waals surface area (Å²) in [6.45, 7) is 1.31. The molecule has 0 fully saturated rings. The van der Waals surface area contributed by atoms with Crippen LogP contribution in [-0.2, 0) is 6.54 Å². The van der Waals surface area contributed by atoms with Crippen molar-refractivity contribution in [1.82, 2.24) is 9.55 Å². The van der Waals surface area contributed by atoms with E-state index < -0.39 is 4.92 Å². The quantitative estimate of drug-likeness (QED) is 0.217. The van der Waals surface area contributed by atoms with Gasteiger partial charge in [0.15, 0.2) is 34.3 Å². The van der Waals surface area contributed by atoms with Crippen molar-refractivity contribution >= 4 is 28.5 Å². The zero-order chi connectivity index (χ0) is 23.8. The lowest BCUT2D eigenvalue weighted by molar-refractivity contribution is -0.384. The van der Waals surface area contributed by atoms with Gasteiger partial charge in [0.2, 0.25) is 0 Å². The standard InChI is InChI=1S/C25H21N3O6S/c29-28(30)16-9-10-20-19(11-16)26-25(35-15-18-14-32-22-6-2-4-8-24(22)34-18)27(20)12-17-13-31-21-5-1-3-7-23(21)33-17/h1-11,17-18H,12-15H2/t17-,18+/m1/s1. The Balaban J connectivity index is 1.26. The fourth-order valence-electron chi connectivity index (χ4n) is 4.17. The van der Waals surface area contributed by atoms with Gasteiger partial charge in [0.05, 0.1) is 22.5 Å². The van der Waals surface area contributed by atoms with E-state index in [9.17, 15) is 10.1 Å². The number of nitro benzene ring substituents is 1. The summed E-state index contributed by atoms with van der Waals surface area (Å²) in [5.74, 6) is 3.48. The summed E-state index contributed by atoms with van der Waals surface area (Å²) in [5, 5.41) is 12.0. The minimum Gasteiger partial charge on any atom is -0.486 e. The first-order chi connectivity index (χ1) is 17.1. The maximum Gasteiger partial charge on any atom is 0.271 e. The molecule has 0 N–H and O–H groups in total. The number of nitro groups is 1. The van der Waals surface area contributed by atoms with Gasteiger partial charge in [0.25, 0.3) is 5.69 Å². The van der Waals surface area contributed by atoms with Gasteiger partial charge in [-0.15, -0.1) is 0 Å². The molecule has 2 atom stereocenters. The van der Waals surface area contributed by atoms with E-state index >= 15 is 0 Å². The van der Waals surface area contributed by atoms with Crippen LogP contribution >= 0.6 is 11.8 Å². The van der Waals surface area contributed by atoms with Crippen LogP contribution < -0.4 is 18.9 Å². The monoisotopic (exact) mass is 491 g/mol. The molecular weight excluding hydrogens is 470 g/mol. The highest BCUT2D eigenvalue weighted by Gasteiger charge is 2.26. The van der Waals surface area contributed by atoms with E-state index in [4.69, 9.17) is 23.9 Å². The number of imidazole rings is 1. The molecule has 10 heteroatoms. The molecule has 178 valence electrons. The van der Waals surface area contributed by atoms with E-state index in [0.717, 1.165) is 27.9 Å². The molecule has 0 radical (unpaired) electrons. The third-order valence-corrected chi connectivity index (χ3v) is 6.94. The molecule has 0 amide bonds. The fourth-order valence-corrected chi connectivity index (χ4v) is 5.16. The van der Waals surface area contributed by atoms with Crippen LogP contribution in [0.2, 0.25) is 0 Å². The summed E-state index contributed by atoms with van der Waals surface area (Å²) >= 11 is 1.52. The normalized spacial score (nSPS) is 18.4. The number of aromatic nitrogens is 2. The maximum absolute atomic E-state index is 11.3. The molecule has 0 saturated heterocycles. The molecule has 9 nitrogen and oxygen atoms in total. The molecule has 3 aromatic carbocycles. The van der Waals surface area contributed by atoms with Crippen molar-refractivity contribution in [2.45, 2.75) is 23.9 Å². The average molecular weight is 492 g/mol. The van der Waals surface area contributed by atoms with Crippen LogP contribution in [0.3, 0.4) is 0 Å². The molecule has 0 unspecified atom stereocenters. The highest BCUT2D eigenvalue weighted by molar-refractivity contribution is 7.99. The molecule has 0 bridgehead atoms. The molecule has 6 rings (SSSR count). The summed E-state index contributed by atoms with van der Waals surface area (Å²) in [4.78, 5) is 15.6. The van der Waals surface area contributed by atoms with E-state index in [1.54, 1.807) is 6.07 Å². The van der Waals surface area contributed by atoms with Crippen LogP contribution in [0.1, 0.15) is 0 Å². The SMILES string of the molecule is O=[N+]([O-])c1ccc2c(c1)nc(SC[C@@H]1COc3ccccc3O1)n2C[C@@H]1COc2ccccc2O1. The van der Waals surface area contributed by atoms with E-state index in [1.807, 2.05) is 53.1 Å². The first-order valence-electron chi connectivity index (χ1n) is 11.2. The largest absolute Gasteiger partial charge is 0.486 e. The second-order valence-corrected chi connectivity index (χ2v) is 9.23. The van der Waals surface area contributed by atoms with Gasteiger partial charge in [0.1, 0.15) is 19.3 Å². The molecule has 0 aliphatic carbocycles. The van der Waals surface area contributed by atoms with Crippen LogP contribution in [0, 0.1) is 10.1 Å². The molecule has 2 aliphatic heterocycles. The van der Waals surface area contributed by atoms with Gasteiger partial charge in [0, 0.05) is 17.9 Å². The van der Waals surface area contributed by atoms with E-state index in [1.165, 1.54) is 23.9 Å². The lowest BCUT2D eigenvalue weighted by Gasteiger charge is -2.28. The van der Waals surface area contributed by atoms with Gasteiger partial charge in [-0.25, -0.2) is 4.98 Å². The number of non-ortho nitro benzene ring substituents is 1. The number of nitrogens with zero attached hydrogens (tertiary/aromatic N) is 3. The zero-order valence-electron chi connectivity index (χ0n) is 18.5. The van der Waals surface area contributed by atoms with E-state index in [0.29, 0.717) is 36.8 Å². The van der Waals surface area contributed by atoms with Crippen LogP contribution in [0.4, 0.5) is 5.69 Å². The summed E-state index contributed by atoms with van der Waals surface area (Å²) in [5.41, 5.74) is 1.36. The highest BCUT2D eigenvalue weighted by atomic mass is 32.2. The summed E-state index contributed by atoms with van der Waals surface area (Å²) < 4.78 is 26.0. The first kappa shape index (κ1) is 21.6. The third kappa shape index (κ3) is 4.32. The third-order valence-electron chi connectivity index (χ3n) is 5.83. The molecular formula is C25H21N3O6S. The lowest BCUT2D eigenvalue weighted by atomic mass is 10.2. The number of benzene rings is 3. The van der Waals surface area contributed by atoms with Gasteiger partial charge in [-0.3, -0.25) is 10.1 Å². The Hall–Kier alpha value is -3.92. The highest BCUT2D eigenvalue weighted by Crippen LogP contribution is 2.35. The smallest absolute Gasteiger partial charge is 0.271 e. The van der Waals surface area contributed by atoms with Crippen molar-refractivity contribution in [1.29, 1.82) is 0 Å². The molecule has 0 spiro atoms. The zero-order valence-corrected chi connectivity index (χ0v) is 19.3. The van der Waals surface area contributed by atoms with Crippen molar-refractivity contribution in [3.05, 3.63) is 76.8 Å². The van der Waals surface area contributed by atoms with Gasteiger partial charge in [-0.2, -0.15) is 0 Å². The predicted octanol–water partition coefficient (Wildman–Crippen LogP) is 4.72. The minimum absolute atomic E-state index is 0.00509. The van der Waals surface area contributed by atoms with Crippen LogP contribution in [0.5, 0.6) is 23.0 Å². The van der Waals surface area contributed by atoms with Gasteiger partial charge in [-0.1, -0.05) is 36.0 Å². The Morgan fingerprint density at radius 1 is 0.914 bits per heavy atom. The minimum atomic E-state index is -0.412. The molecule has 4 aromatic rings.